The summed E-state index contributed by atoms with van der Waals surface area (Å²) in [4.78, 5) is 13.5. The lowest BCUT2D eigenvalue weighted by molar-refractivity contribution is -0.118. The first-order valence-corrected chi connectivity index (χ1v) is 7.47. The van der Waals surface area contributed by atoms with Gasteiger partial charge in [0.2, 0.25) is 5.91 Å². The zero-order valence-corrected chi connectivity index (χ0v) is 12.8. The summed E-state index contributed by atoms with van der Waals surface area (Å²) in [7, 11) is 1.53. The maximum Gasteiger partial charge on any atom is 0.235 e. The van der Waals surface area contributed by atoms with Gasteiger partial charge in [0.15, 0.2) is 5.84 Å². The predicted octanol–water partition coefficient (Wildman–Crippen LogP) is 2.30. The van der Waals surface area contributed by atoms with Gasteiger partial charge < -0.3 is 21.0 Å². The van der Waals surface area contributed by atoms with Crippen LogP contribution in [0.4, 0.5) is 5.69 Å². The van der Waals surface area contributed by atoms with Crippen molar-refractivity contribution in [2.24, 2.45) is 16.8 Å². The molecule has 6 nitrogen and oxygen atoms in total. The highest BCUT2D eigenvalue weighted by Crippen LogP contribution is 2.24. The minimum atomic E-state index is -0.756. The second-order valence-electron chi connectivity index (χ2n) is 4.55. The Balaban J connectivity index is 2.18. The van der Waals surface area contributed by atoms with Gasteiger partial charge in [-0.2, -0.15) is 0 Å². The van der Waals surface area contributed by atoms with Gasteiger partial charge in [-0.25, -0.2) is 0 Å². The summed E-state index contributed by atoms with van der Waals surface area (Å²) in [5.74, 6) is -0.687. The zero-order valence-electron chi connectivity index (χ0n) is 12.0. The van der Waals surface area contributed by atoms with Gasteiger partial charge in [0.05, 0.1) is 12.8 Å². The van der Waals surface area contributed by atoms with Crippen molar-refractivity contribution < 1.29 is 14.7 Å². The SMILES string of the molecule is COc1ccccc1NC(=O)[C@@H](Cc1cccs1)/C(N)=N\O. The summed E-state index contributed by atoms with van der Waals surface area (Å²) >= 11 is 1.51. The number of nitrogens with one attached hydrogen (secondary N) is 1. The number of carbonyl (C=O) groups is 1. The molecule has 0 aliphatic carbocycles. The first-order valence-electron chi connectivity index (χ1n) is 6.59. The van der Waals surface area contributed by atoms with Crippen LogP contribution in [-0.4, -0.2) is 24.1 Å². The van der Waals surface area contributed by atoms with E-state index in [1.54, 1.807) is 24.3 Å². The number of hydrogen-bond donors (Lipinski definition) is 3. The molecular formula is C15H17N3O3S. The summed E-state index contributed by atoms with van der Waals surface area (Å²) in [6.45, 7) is 0. The number of benzene rings is 1. The summed E-state index contributed by atoms with van der Waals surface area (Å²) in [5, 5.41) is 16.6. The number of nitrogens with two attached hydrogens (primary N) is 1. The lowest BCUT2D eigenvalue weighted by Gasteiger charge is -2.16. The first kappa shape index (κ1) is 15.8. The van der Waals surface area contributed by atoms with Crippen molar-refractivity contribution in [1.29, 1.82) is 0 Å². The second-order valence-corrected chi connectivity index (χ2v) is 5.58. The number of carbonyl (C=O) groups excluding carboxylic acids is 1. The summed E-state index contributed by atoms with van der Waals surface area (Å²) in [5.41, 5.74) is 6.21. The predicted molar refractivity (Wildman–Crippen MR) is 86.5 cm³/mol. The van der Waals surface area contributed by atoms with E-state index in [0.717, 1.165) is 4.88 Å². The molecule has 0 spiro atoms. The Hall–Kier alpha value is -2.54. The van der Waals surface area contributed by atoms with E-state index in [1.165, 1.54) is 18.4 Å². The van der Waals surface area contributed by atoms with E-state index in [0.29, 0.717) is 17.9 Å². The molecule has 1 atom stereocenters. The van der Waals surface area contributed by atoms with Crippen molar-refractivity contribution in [3.63, 3.8) is 0 Å². The van der Waals surface area contributed by atoms with Gasteiger partial charge in [-0.15, -0.1) is 11.3 Å². The Bertz CT molecular complexity index is 656. The lowest BCUT2D eigenvalue weighted by atomic mass is 10.0. The van der Waals surface area contributed by atoms with Crippen LogP contribution in [-0.2, 0) is 11.2 Å². The van der Waals surface area contributed by atoms with Gasteiger partial charge in [-0.3, -0.25) is 4.79 Å². The third-order valence-electron chi connectivity index (χ3n) is 3.14. The van der Waals surface area contributed by atoms with Crippen LogP contribution in [0.1, 0.15) is 4.88 Å². The normalized spacial score (nSPS) is 12.7. The Morgan fingerprint density at radius 2 is 2.18 bits per heavy atom. The fraction of sp³-hybridized carbons (Fsp3) is 0.200. The Morgan fingerprint density at radius 1 is 1.41 bits per heavy atom. The monoisotopic (exact) mass is 319 g/mol. The van der Waals surface area contributed by atoms with Crippen LogP contribution in [0.25, 0.3) is 0 Å². The number of anilines is 1. The van der Waals surface area contributed by atoms with E-state index in [-0.39, 0.29) is 11.7 Å². The van der Waals surface area contributed by atoms with Crippen LogP contribution in [0.2, 0.25) is 0 Å². The third-order valence-corrected chi connectivity index (χ3v) is 4.04. The first-order chi connectivity index (χ1) is 10.7. The molecule has 0 aliphatic heterocycles. The van der Waals surface area contributed by atoms with E-state index in [2.05, 4.69) is 10.5 Å². The van der Waals surface area contributed by atoms with Crippen LogP contribution < -0.4 is 15.8 Å². The number of amidine groups is 1. The van der Waals surface area contributed by atoms with Gasteiger partial charge in [-0.05, 0) is 23.6 Å². The molecule has 0 saturated heterocycles. The molecule has 1 aromatic carbocycles. The van der Waals surface area contributed by atoms with E-state index < -0.39 is 5.92 Å². The summed E-state index contributed by atoms with van der Waals surface area (Å²) in [6.07, 6.45) is 0.370. The number of methoxy groups -OCH3 is 1. The molecule has 2 rings (SSSR count). The molecule has 0 radical (unpaired) electrons. The topological polar surface area (TPSA) is 96.9 Å². The molecule has 1 heterocycles. The standard InChI is InChI=1S/C15H17N3O3S/c1-21-13-7-3-2-6-12(13)17-15(19)11(14(16)18-20)9-10-5-4-8-22-10/h2-8,11,20H,9H2,1H3,(H2,16,18)(H,17,19)/t11-/m0/s1. The van der Waals surface area contributed by atoms with Crippen LogP contribution in [0, 0.1) is 5.92 Å². The number of oxime groups is 1. The van der Waals surface area contributed by atoms with E-state index in [4.69, 9.17) is 15.7 Å². The van der Waals surface area contributed by atoms with Gasteiger partial charge in [0.1, 0.15) is 11.7 Å². The van der Waals surface area contributed by atoms with Crippen molar-refractivity contribution in [1.82, 2.24) is 0 Å². The fourth-order valence-electron chi connectivity index (χ4n) is 2.00. The molecule has 0 aliphatic rings. The van der Waals surface area contributed by atoms with Crippen molar-refractivity contribution in [2.75, 3.05) is 12.4 Å². The molecule has 1 amide bonds. The average Bonchev–Trinajstić information content (AvgIpc) is 3.05. The van der Waals surface area contributed by atoms with E-state index >= 15 is 0 Å². The molecule has 1 aromatic heterocycles. The minimum absolute atomic E-state index is 0.124. The molecular weight excluding hydrogens is 302 g/mol. The molecule has 7 heteroatoms. The van der Waals surface area contributed by atoms with Crippen LogP contribution >= 0.6 is 11.3 Å². The van der Waals surface area contributed by atoms with E-state index in [1.807, 2.05) is 17.5 Å². The summed E-state index contributed by atoms with van der Waals surface area (Å²) in [6, 6.07) is 10.9. The quantitative estimate of drug-likeness (QED) is 0.329. The van der Waals surface area contributed by atoms with Crippen LogP contribution in [0.5, 0.6) is 5.75 Å². The molecule has 116 valence electrons. The molecule has 0 unspecified atom stereocenters. The number of ether oxygens (including phenoxy) is 1. The Kier molecular flexibility index (Phi) is 5.37. The smallest absolute Gasteiger partial charge is 0.235 e. The molecule has 2 aromatic rings. The zero-order chi connectivity index (χ0) is 15.9. The number of thiophene rings is 1. The highest BCUT2D eigenvalue weighted by Gasteiger charge is 2.25. The molecule has 0 bridgehead atoms. The van der Waals surface area contributed by atoms with Crippen LogP contribution in [0.15, 0.2) is 46.9 Å². The third kappa shape index (κ3) is 3.76. The number of rotatable bonds is 6. The van der Waals surface area contributed by atoms with Gasteiger partial charge in [0.25, 0.3) is 0 Å². The number of nitrogens with zero attached hydrogens (tertiary/aromatic N) is 1. The summed E-state index contributed by atoms with van der Waals surface area (Å²) < 4.78 is 5.20. The van der Waals surface area contributed by atoms with Crippen LogP contribution in [0.3, 0.4) is 0 Å². The van der Waals surface area contributed by atoms with Crippen molar-refractivity contribution in [3.8, 4) is 5.75 Å². The molecule has 4 N–H and O–H groups in total. The Morgan fingerprint density at radius 3 is 2.82 bits per heavy atom. The molecule has 0 saturated carbocycles. The minimum Gasteiger partial charge on any atom is -0.495 e. The number of amides is 1. The Labute approximate surface area is 132 Å². The van der Waals surface area contributed by atoms with Gasteiger partial charge in [0, 0.05) is 11.3 Å². The highest BCUT2D eigenvalue weighted by atomic mass is 32.1. The molecule has 22 heavy (non-hydrogen) atoms. The fourth-order valence-corrected chi connectivity index (χ4v) is 2.75. The lowest BCUT2D eigenvalue weighted by Crippen LogP contribution is -2.36. The number of hydrogen-bond acceptors (Lipinski definition) is 5. The van der Waals surface area contributed by atoms with Crippen molar-refractivity contribution in [2.45, 2.75) is 6.42 Å². The molecule has 0 fully saturated rings. The van der Waals surface area contributed by atoms with Gasteiger partial charge >= 0.3 is 0 Å². The number of para-hydroxylation sites is 2. The average molecular weight is 319 g/mol. The largest absolute Gasteiger partial charge is 0.495 e. The maximum absolute atomic E-state index is 12.5. The second kappa shape index (κ2) is 7.46. The highest BCUT2D eigenvalue weighted by molar-refractivity contribution is 7.09. The van der Waals surface area contributed by atoms with Gasteiger partial charge in [-0.1, -0.05) is 23.4 Å². The van der Waals surface area contributed by atoms with Crippen molar-refractivity contribution in [3.05, 3.63) is 46.7 Å². The maximum atomic E-state index is 12.5. The van der Waals surface area contributed by atoms with E-state index in [9.17, 15) is 4.79 Å². The van der Waals surface area contributed by atoms with Crippen molar-refractivity contribution >= 4 is 28.8 Å².